The van der Waals surface area contributed by atoms with E-state index < -0.39 is 28.9 Å². The van der Waals surface area contributed by atoms with Gasteiger partial charge in [-0.2, -0.15) is 26.3 Å². The molecule has 2 aromatic rings. The van der Waals surface area contributed by atoms with Crippen LogP contribution in [0.4, 0.5) is 26.3 Å². The average Bonchev–Trinajstić information content (AvgIpc) is 2.47. The van der Waals surface area contributed by atoms with E-state index in [4.69, 9.17) is 0 Å². The molecule has 2 rings (SSSR count). The van der Waals surface area contributed by atoms with E-state index in [-0.39, 0.29) is 0 Å². The maximum absolute atomic E-state index is 14.1. The minimum Gasteiger partial charge on any atom is -0.194 e. The van der Waals surface area contributed by atoms with Crippen molar-refractivity contribution in [1.82, 2.24) is 0 Å². The van der Waals surface area contributed by atoms with Crippen LogP contribution in [-0.4, -0.2) is 5.92 Å². The van der Waals surface area contributed by atoms with Crippen molar-refractivity contribution < 1.29 is 26.3 Å². The molecule has 0 N–H and O–H groups in total. The van der Waals surface area contributed by atoms with Gasteiger partial charge in [-0.1, -0.05) is 24.3 Å². The fourth-order valence-electron chi connectivity index (χ4n) is 1.88. The highest BCUT2D eigenvalue weighted by Gasteiger charge is 2.72. The Labute approximate surface area is 155 Å². The summed E-state index contributed by atoms with van der Waals surface area (Å²) in [4.78, 5) is 0. The van der Waals surface area contributed by atoms with Gasteiger partial charge in [0, 0.05) is 18.3 Å². The number of benzene rings is 2. The number of hydrogen-bond donors (Lipinski definition) is 0. The van der Waals surface area contributed by atoms with Crippen LogP contribution in [0.25, 0.3) is 0 Å². The lowest BCUT2D eigenvalue weighted by atomic mass is 9.93. The lowest BCUT2D eigenvalue weighted by Gasteiger charge is -2.33. The molecule has 0 heterocycles. The average molecular weight is 556 g/mol. The fraction of sp³-hybridized carbons (Fsp3) is 0.200. The van der Waals surface area contributed by atoms with Gasteiger partial charge in [-0.05, 0) is 69.4 Å². The largest absolute Gasteiger partial charge is 0.380 e. The molecule has 0 spiro atoms. The Morgan fingerprint density at radius 1 is 0.522 bits per heavy atom. The van der Waals surface area contributed by atoms with Gasteiger partial charge in [-0.25, -0.2) is 0 Å². The smallest absolute Gasteiger partial charge is 0.194 e. The number of halogens is 8. The first-order valence-electron chi connectivity index (χ1n) is 6.15. The molecule has 0 nitrogen and oxygen atoms in total. The van der Waals surface area contributed by atoms with Gasteiger partial charge >= 0.3 is 17.8 Å². The predicted molar refractivity (Wildman–Crippen MR) is 91.1 cm³/mol. The van der Waals surface area contributed by atoms with E-state index in [0.29, 0.717) is 7.14 Å². The van der Waals surface area contributed by atoms with E-state index >= 15 is 0 Å². The van der Waals surface area contributed by atoms with Crippen molar-refractivity contribution in [1.29, 1.82) is 0 Å². The molecule has 0 aromatic heterocycles. The van der Waals surface area contributed by atoms with E-state index in [1.165, 1.54) is 0 Å². The van der Waals surface area contributed by atoms with Gasteiger partial charge < -0.3 is 0 Å². The monoisotopic (exact) mass is 556 g/mol. The Bertz CT molecular complexity index is 621. The molecule has 0 bridgehead atoms. The van der Waals surface area contributed by atoms with Crippen molar-refractivity contribution in [3.8, 4) is 0 Å². The zero-order valence-corrected chi connectivity index (χ0v) is 15.5. The fourth-order valence-corrected chi connectivity index (χ4v) is 2.60. The predicted octanol–water partition coefficient (Wildman–Crippen LogP) is 6.41. The molecule has 0 saturated heterocycles. The first-order chi connectivity index (χ1) is 10.5. The van der Waals surface area contributed by atoms with Crippen LogP contribution in [0.1, 0.15) is 11.1 Å². The van der Waals surface area contributed by atoms with E-state index in [0.717, 1.165) is 48.5 Å². The maximum atomic E-state index is 14.1. The molecule has 0 amide bonds. The van der Waals surface area contributed by atoms with Crippen molar-refractivity contribution in [2.24, 2.45) is 0 Å². The molecule has 124 valence electrons. The van der Waals surface area contributed by atoms with Crippen molar-refractivity contribution in [3.05, 3.63) is 66.8 Å². The van der Waals surface area contributed by atoms with Crippen LogP contribution >= 0.6 is 45.2 Å². The van der Waals surface area contributed by atoms with Gasteiger partial charge in [0.15, 0.2) is 0 Å². The van der Waals surface area contributed by atoms with Gasteiger partial charge in [0.1, 0.15) is 0 Å². The molecule has 23 heavy (non-hydrogen) atoms. The Balaban J connectivity index is 2.49. The number of hydrogen-bond acceptors (Lipinski definition) is 0. The molecule has 0 aliphatic rings. The second-order valence-electron chi connectivity index (χ2n) is 4.74. The molecular weight excluding hydrogens is 548 g/mol. The summed E-state index contributed by atoms with van der Waals surface area (Å²) in [5, 5.41) is 0. The topological polar surface area (TPSA) is 0 Å². The lowest BCUT2D eigenvalue weighted by molar-refractivity contribution is -0.321. The minimum atomic E-state index is -5.58. The molecule has 2 aromatic carbocycles. The highest BCUT2D eigenvalue weighted by Crippen LogP contribution is 2.55. The van der Waals surface area contributed by atoms with Crippen LogP contribution in [0.15, 0.2) is 48.5 Å². The molecule has 0 aliphatic carbocycles. The summed E-state index contributed by atoms with van der Waals surface area (Å²) in [6.45, 7) is 0. The molecular formula is C15H8F6I2. The van der Waals surface area contributed by atoms with Crippen molar-refractivity contribution >= 4 is 45.2 Å². The zero-order chi connectivity index (χ0) is 17.5. The van der Waals surface area contributed by atoms with Gasteiger partial charge in [0.25, 0.3) is 0 Å². The Morgan fingerprint density at radius 2 is 0.783 bits per heavy atom. The highest BCUT2D eigenvalue weighted by atomic mass is 127. The number of alkyl halides is 6. The molecule has 0 unspecified atom stereocenters. The second kappa shape index (κ2) is 6.41. The van der Waals surface area contributed by atoms with Crippen LogP contribution in [0, 0.1) is 7.14 Å². The van der Waals surface area contributed by atoms with Crippen molar-refractivity contribution in [2.75, 3.05) is 0 Å². The van der Waals surface area contributed by atoms with E-state index in [9.17, 15) is 26.3 Å². The van der Waals surface area contributed by atoms with Crippen LogP contribution in [0.5, 0.6) is 0 Å². The normalized spacial score (nSPS) is 13.2. The summed E-state index contributed by atoms with van der Waals surface area (Å²) in [6.07, 6.45) is 0. The Morgan fingerprint density at radius 3 is 1.04 bits per heavy atom. The van der Waals surface area contributed by atoms with E-state index in [1.807, 2.05) is 0 Å². The third-order valence-corrected chi connectivity index (χ3v) is 4.64. The zero-order valence-electron chi connectivity index (χ0n) is 11.1. The highest BCUT2D eigenvalue weighted by molar-refractivity contribution is 14.1. The van der Waals surface area contributed by atoms with Crippen LogP contribution in [-0.2, 0) is 11.8 Å². The second-order valence-corrected chi connectivity index (χ2v) is 7.23. The molecule has 0 fully saturated rings. The molecule has 0 radical (unpaired) electrons. The van der Waals surface area contributed by atoms with Crippen molar-refractivity contribution in [3.63, 3.8) is 0 Å². The summed E-state index contributed by atoms with van der Waals surface area (Å²) >= 11 is 3.59. The summed E-state index contributed by atoms with van der Waals surface area (Å²) < 4.78 is 85.5. The molecule has 0 saturated carbocycles. The Kier molecular flexibility index (Phi) is 5.25. The maximum Gasteiger partial charge on any atom is 0.380 e. The number of rotatable bonds is 4. The summed E-state index contributed by atoms with van der Waals surface area (Å²) in [7, 11) is 0. The quantitative estimate of drug-likeness (QED) is 0.302. The third-order valence-electron chi connectivity index (χ3n) is 3.20. The first kappa shape index (κ1) is 18.8. The molecule has 0 atom stereocenters. The Hall–Kier alpha value is -0.520. The molecule has 0 aliphatic heterocycles. The van der Waals surface area contributed by atoms with Crippen molar-refractivity contribution in [2.45, 2.75) is 17.8 Å². The van der Waals surface area contributed by atoms with Gasteiger partial charge in [-0.15, -0.1) is 0 Å². The minimum absolute atomic E-state index is 0.523. The molecule has 8 heteroatoms. The van der Waals surface area contributed by atoms with Crippen LogP contribution in [0.3, 0.4) is 0 Å². The van der Waals surface area contributed by atoms with Gasteiger partial charge in [0.2, 0.25) is 0 Å². The first-order valence-corrected chi connectivity index (χ1v) is 8.31. The third kappa shape index (κ3) is 3.33. The van der Waals surface area contributed by atoms with Gasteiger partial charge in [0.05, 0.1) is 0 Å². The summed E-state index contributed by atoms with van der Waals surface area (Å²) in [5.41, 5.74) is -2.32. The summed E-state index contributed by atoms with van der Waals surface area (Å²) in [5.74, 6) is -15.6. The standard InChI is InChI=1S/C15H8F6I2/c16-13(17,9-1-5-11(22)6-2-9)15(20,21)14(18,19)10-3-7-12(23)8-4-10/h1-8H. The van der Waals surface area contributed by atoms with E-state index in [2.05, 4.69) is 0 Å². The lowest BCUT2D eigenvalue weighted by Crippen LogP contribution is -2.50. The SMILES string of the molecule is FC(F)(c1ccc(I)cc1)C(F)(F)C(F)(F)c1ccc(I)cc1. The van der Waals surface area contributed by atoms with Crippen LogP contribution in [0.2, 0.25) is 0 Å². The van der Waals surface area contributed by atoms with Gasteiger partial charge in [-0.3, -0.25) is 0 Å². The van der Waals surface area contributed by atoms with E-state index in [1.54, 1.807) is 45.2 Å². The summed E-state index contributed by atoms with van der Waals surface area (Å²) in [6, 6.07) is 7.51. The van der Waals surface area contributed by atoms with Crippen LogP contribution < -0.4 is 0 Å².